The fourth-order valence-electron chi connectivity index (χ4n) is 2.44. The van der Waals surface area contributed by atoms with Gasteiger partial charge in [-0.3, -0.25) is 4.79 Å². The summed E-state index contributed by atoms with van der Waals surface area (Å²) in [6, 6.07) is 9.05. The van der Waals surface area contributed by atoms with Crippen LogP contribution in [0.15, 0.2) is 36.5 Å². The number of nitrogens with one attached hydrogen (secondary N) is 2. The molecule has 0 radical (unpaired) electrons. The van der Waals surface area contributed by atoms with Crippen LogP contribution in [0.4, 0.5) is 0 Å². The molecular formula is C17H16Cl2N4OS. The van der Waals surface area contributed by atoms with Crippen molar-refractivity contribution in [3.63, 3.8) is 0 Å². The number of para-hydroxylation sites is 2. The van der Waals surface area contributed by atoms with Gasteiger partial charge in [-0.05, 0) is 36.6 Å². The highest BCUT2D eigenvalue weighted by Gasteiger charge is 2.19. The number of benzene rings is 1. The van der Waals surface area contributed by atoms with Crippen molar-refractivity contribution < 1.29 is 4.79 Å². The number of aromatic amines is 1. The minimum atomic E-state index is -0.266. The molecule has 0 fully saturated rings. The number of nitrogens with zero attached hydrogens (tertiary/aromatic N) is 2. The standard InChI is InChI=1S/C17H16Cl2N4OS/c1-25-7-6-14(16-21-12-4-2-3-5-13(12)22-16)23-17(24)10-8-11(18)15(19)20-9-10/h2-5,8-9,14H,6-7H2,1H3,(H,21,22)(H,23,24). The minimum Gasteiger partial charge on any atom is -0.342 e. The van der Waals surface area contributed by atoms with Gasteiger partial charge in [0.15, 0.2) is 0 Å². The second-order valence-corrected chi connectivity index (χ2v) is 7.19. The van der Waals surface area contributed by atoms with E-state index in [2.05, 4.69) is 20.3 Å². The van der Waals surface area contributed by atoms with Crippen LogP contribution in [0.25, 0.3) is 11.0 Å². The lowest BCUT2D eigenvalue weighted by molar-refractivity contribution is 0.0934. The number of carbonyl (C=O) groups excluding carboxylic acids is 1. The second kappa shape index (κ2) is 8.08. The lowest BCUT2D eigenvalue weighted by Gasteiger charge is -2.16. The van der Waals surface area contributed by atoms with E-state index >= 15 is 0 Å². The summed E-state index contributed by atoms with van der Waals surface area (Å²) in [5.41, 5.74) is 2.17. The van der Waals surface area contributed by atoms with Crippen molar-refractivity contribution in [2.75, 3.05) is 12.0 Å². The topological polar surface area (TPSA) is 70.7 Å². The van der Waals surface area contributed by atoms with Crippen molar-refractivity contribution in [2.24, 2.45) is 0 Å². The molecule has 0 saturated carbocycles. The number of fused-ring (bicyclic) bond motifs is 1. The molecule has 0 bridgehead atoms. The van der Waals surface area contributed by atoms with Gasteiger partial charge in [0.05, 0.1) is 27.7 Å². The maximum atomic E-state index is 12.6. The number of halogens is 2. The van der Waals surface area contributed by atoms with Crippen LogP contribution >= 0.6 is 35.0 Å². The fourth-order valence-corrected chi connectivity index (χ4v) is 3.18. The number of rotatable bonds is 6. The van der Waals surface area contributed by atoms with Crippen molar-refractivity contribution in [1.82, 2.24) is 20.3 Å². The van der Waals surface area contributed by atoms with E-state index in [1.54, 1.807) is 11.8 Å². The third kappa shape index (κ3) is 4.26. The molecule has 1 atom stereocenters. The predicted molar refractivity (Wildman–Crippen MR) is 104 cm³/mol. The molecule has 3 rings (SSSR count). The molecule has 0 aliphatic carbocycles. The van der Waals surface area contributed by atoms with Gasteiger partial charge in [-0.25, -0.2) is 9.97 Å². The molecule has 8 heteroatoms. The van der Waals surface area contributed by atoms with E-state index in [1.165, 1.54) is 12.3 Å². The number of thioether (sulfide) groups is 1. The van der Waals surface area contributed by atoms with E-state index in [0.29, 0.717) is 5.56 Å². The highest BCUT2D eigenvalue weighted by molar-refractivity contribution is 7.98. The molecule has 25 heavy (non-hydrogen) atoms. The lowest BCUT2D eigenvalue weighted by atomic mass is 10.2. The zero-order valence-corrected chi connectivity index (χ0v) is 15.8. The van der Waals surface area contributed by atoms with Crippen LogP contribution < -0.4 is 5.32 Å². The average molecular weight is 395 g/mol. The monoisotopic (exact) mass is 394 g/mol. The first-order chi connectivity index (χ1) is 12.1. The largest absolute Gasteiger partial charge is 0.342 e. The van der Waals surface area contributed by atoms with Crippen LogP contribution in [0, 0.1) is 0 Å². The van der Waals surface area contributed by atoms with Gasteiger partial charge in [0.2, 0.25) is 0 Å². The Hall–Kier alpha value is -1.76. The number of pyridine rings is 1. The molecule has 0 aliphatic rings. The molecular weight excluding hydrogens is 379 g/mol. The molecule has 3 aromatic rings. The van der Waals surface area contributed by atoms with Gasteiger partial charge in [0, 0.05) is 6.20 Å². The van der Waals surface area contributed by atoms with Crippen molar-refractivity contribution in [1.29, 1.82) is 0 Å². The number of hydrogen-bond donors (Lipinski definition) is 2. The van der Waals surface area contributed by atoms with Gasteiger partial charge in [-0.15, -0.1) is 0 Å². The Morgan fingerprint density at radius 3 is 2.88 bits per heavy atom. The average Bonchev–Trinajstić information content (AvgIpc) is 3.04. The Morgan fingerprint density at radius 1 is 1.36 bits per heavy atom. The highest BCUT2D eigenvalue weighted by atomic mass is 35.5. The van der Waals surface area contributed by atoms with Crippen molar-refractivity contribution in [3.8, 4) is 0 Å². The summed E-state index contributed by atoms with van der Waals surface area (Å²) >= 11 is 13.5. The zero-order chi connectivity index (χ0) is 17.8. The Morgan fingerprint density at radius 2 is 2.16 bits per heavy atom. The third-order valence-electron chi connectivity index (χ3n) is 3.71. The molecule has 2 N–H and O–H groups in total. The van der Waals surface area contributed by atoms with E-state index in [0.717, 1.165) is 29.0 Å². The van der Waals surface area contributed by atoms with Crippen molar-refractivity contribution >= 4 is 51.9 Å². The summed E-state index contributed by atoms with van der Waals surface area (Å²) in [7, 11) is 0. The Balaban J connectivity index is 1.84. The molecule has 130 valence electrons. The maximum absolute atomic E-state index is 12.6. The molecule has 2 aromatic heterocycles. The van der Waals surface area contributed by atoms with Crippen LogP contribution in [-0.4, -0.2) is 32.9 Å². The molecule has 1 amide bonds. The van der Waals surface area contributed by atoms with Crippen LogP contribution in [0.3, 0.4) is 0 Å². The number of H-pyrrole nitrogens is 1. The van der Waals surface area contributed by atoms with Crippen LogP contribution in [-0.2, 0) is 0 Å². The van der Waals surface area contributed by atoms with E-state index in [-0.39, 0.29) is 22.1 Å². The molecule has 0 saturated heterocycles. The molecule has 0 aliphatic heterocycles. The SMILES string of the molecule is CSCCC(NC(=O)c1cnc(Cl)c(Cl)c1)c1nc2ccccc2[nH]1. The van der Waals surface area contributed by atoms with Gasteiger partial charge in [-0.2, -0.15) is 11.8 Å². The van der Waals surface area contributed by atoms with E-state index in [9.17, 15) is 4.79 Å². The maximum Gasteiger partial charge on any atom is 0.253 e. The number of imidazole rings is 1. The summed E-state index contributed by atoms with van der Waals surface area (Å²) in [5, 5.41) is 3.43. The normalized spacial score (nSPS) is 12.3. The minimum absolute atomic E-state index is 0.175. The van der Waals surface area contributed by atoms with Crippen molar-refractivity contribution in [3.05, 3.63) is 58.1 Å². The number of amides is 1. The summed E-state index contributed by atoms with van der Waals surface area (Å²) in [4.78, 5) is 24.4. The number of aromatic nitrogens is 3. The van der Waals surface area contributed by atoms with Crippen LogP contribution in [0.1, 0.15) is 28.6 Å². The van der Waals surface area contributed by atoms with E-state index in [4.69, 9.17) is 23.2 Å². The van der Waals surface area contributed by atoms with E-state index < -0.39 is 0 Å². The lowest BCUT2D eigenvalue weighted by Crippen LogP contribution is -2.30. The summed E-state index contributed by atoms with van der Waals surface area (Å²) in [6.45, 7) is 0. The van der Waals surface area contributed by atoms with Gasteiger partial charge in [-0.1, -0.05) is 35.3 Å². The van der Waals surface area contributed by atoms with Crippen molar-refractivity contribution in [2.45, 2.75) is 12.5 Å². The molecule has 0 spiro atoms. The number of hydrogen-bond acceptors (Lipinski definition) is 4. The predicted octanol–water partition coefficient (Wildman–Crippen LogP) is 4.49. The first kappa shape index (κ1) is 18.0. The Kier molecular flexibility index (Phi) is 5.83. The van der Waals surface area contributed by atoms with Gasteiger partial charge < -0.3 is 10.3 Å². The van der Waals surface area contributed by atoms with Gasteiger partial charge in [0.1, 0.15) is 11.0 Å². The van der Waals surface area contributed by atoms with Gasteiger partial charge >= 0.3 is 0 Å². The quantitative estimate of drug-likeness (QED) is 0.604. The van der Waals surface area contributed by atoms with Crippen LogP contribution in [0.5, 0.6) is 0 Å². The Bertz CT molecular complexity index is 866. The fraction of sp³-hybridized carbons (Fsp3) is 0.235. The first-order valence-corrected chi connectivity index (χ1v) is 9.79. The molecule has 1 aromatic carbocycles. The zero-order valence-electron chi connectivity index (χ0n) is 13.4. The molecule has 2 heterocycles. The van der Waals surface area contributed by atoms with Gasteiger partial charge in [0.25, 0.3) is 5.91 Å². The molecule has 5 nitrogen and oxygen atoms in total. The smallest absolute Gasteiger partial charge is 0.253 e. The second-order valence-electron chi connectivity index (χ2n) is 5.44. The summed E-state index contributed by atoms with van der Waals surface area (Å²) in [5.74, 6) is 1.36. The molecule has 1 unspecified atom stereocenters. The highest BCUT2D eigenvalue weighted by Crippen LogP contribution is 2.22. The van der Waals surface area contributed by atoms with Crippen LogP contribution in [0.2, 0.25) is 10.2 Å². The summed E-state index contributed by atoms with van der Waals surface area (Å²) < 4.78 is 0. The Labute approximate surface area is 159 Å². The van der Waals surface area contributed by atoms with E-state index in [1.807, 2.05) is 30.5 Å². The number of carbonyl (C=O) groups is 1. The first-order valence-electron chi connectivity index (χ1n) is 7.64. The summed E-state index contributed by atoms with van der Waals surface area (Å²) in [6.07, 6.45) is 4.19. The third-order valence-corrected chi connectivity index (χ3v) is 5.04.